The van der Waals surface area contributed by atoms with Crippen LogP contribution in [0.25, 0.3) is 5.57 Å². The molecule has 0 aliphatic heterocycles. The van der Waals surface area contributed by atoms with Gasteiger partial charge in [0.15, 0.2) is 0 Å². The first-order valence-electron chi connectivity index (χ1n) is 5.45. The second-order valence-electron chi connectivity index (χ2n) is 4.03. The highest BCUT2D eigenvalue weighted by Crippen LogP contribution is 2.26. The minimum Gasteiger partial charge on any atom is -0.299 e. The number of carbonyl (C=O) groups excluding carboxylic acids is 2. The Balaban J connectivity index is 3.37. The van der Waals surface area contributed by atoms with Gasteiger partial charge in [0.05, 0.1) is 4.92 Å². The molecule has 0 amide bonds. The number of nitro groups is 1. The van der Waals surface area contributed by atoms with E-state index in [4.69, 9.17) is 11.6 Å². The van der Waals surface area contributed by atoms with Gasteiger partial charge in [-0.3, -0.25) is 19.7 Å². The quantitative estimate of drug-likeness (QED) is 0.472. The second kappa shape index (κ2) is 6.24. The van der Waals surface area contributed by atoms with Gasteiger partial charge in [0.2, 0.25) is 6.20 Å². The van der Waals surface area contributed by atoms with Crippen LogP contribution >= 0.6 is 11.6 Å². The molecule has 1 aromatic carbocycles. The fraction of sp³-hybridized carbons (Fsp3) is 0.231. The van der Waals surface area contributed by atoms with Gasteiger partial charge in [0.1, 0.15) is 17.5 Å². The van der Waals surface area contributed by atoms with Crippen molar-refractivity contribution < 1.29 is 14.5 Å². The lowest BCUT2D eigenvalue weighted by atomic mass is 9.87. The fourth-order valence-corrected chi connectivity index (χ4v) is 1.92. The predicted octanol–water partition coefficient (Wildman–Crippen LogP) is 2.75. The first-order chi connectivity index (χ1) is 8.82. The second-order valence-corrected chi connectivity index (χ2v) is 4.47. The molecule has 0 aromatic heterocycles. The van der Waals surface area contributed by atoms with E-state index in [0.717, 1.165) is 0 Å². The zero-order valence-electron chi connectivity index (χ0n) is 10.4. The molecule has 0 fully saturated rings. The van der Waals surface area contributed by atoms with E-state index >= 15 is 0 Å². The summed E-state index contributed by atoms with van der Waals surface area (Å²) in [6.07, 6.45) is 0.691. The maximum Gasteiger partial charge on any atom is 0.239 e. The van der Waals surface area contributed by atoms with Crippen molar-refractivity contribution in [2.75, 3.05) is 0 Å². The molecule has 0 aliphatic carbocycles. The van der Waals surface area contributed by atoms with Crippen LogP contribution in [-0.4, -0.2) is 16.5 Å². The van der Waals surface area contributed by atoms with Crippen molar-refractivity contribution in [2.24, 2.45) is 5.92 Å². The van der Waals surface area contributed by atoms with Gasteiger partial charge in [-0.05, 0) is 31.5 Å². The molecule has 0 saturated heterocycles. The van der Waals surface area contributed by atoms with Gasteiger partial charge in [-0.25, -0.2) is 0 Å². The number of nitrogens with zero attached hydrogens (tertiary/aromatic N) is 1. The molecule has 0 unspecified atom stereocenters. The summed E-state index contributed by atoms with van der Waals surface area (Å²) in [6.45, 7) is 2.46. The molecule has 1 aromatic rings. The van der Waals surface area contributed by atoms with Crippen molar-refractivity contribution in [1.29, 1.82) is 0 Å². The molecule has 100 valence electrons. The van der Waals surface area contributed by atoms with E-state index in [-0.39, 0.29) is 5.57 Å². The molecule has 1 rings (SSSR count). The largest absolute Gasteiger partial charge is 0.299 e. The van der Waals surface area contributed by atoms with E-state index < -0.39 is 22.4 Å². The lowest BCUT2D eigenvalue weighted by Gasteiger charge is -2.13. The highest BCUT2D eigenvalue weighted by molar-refractivity contribution is 6.30. The summed E-state index contributed by atoms with van der Waals surface area (Å²) in [7, 11) is 0. The molecule has 0 radical (unpaired) electrons. The number of rotatable bonds is 5. The summed E-state index contributed by atoms with van der Waals surface area (Å²) in [4.78, 5) is 33.1. The average Bonchev–Trinajstić information content (AvgIpc) is 2.27. The lowest BCUT2D eigenvalue weighted by molar-refractivity contribution is -0.401. The Labute approximate surface area is 115 Å². The SMILES string of the molecule is CC(=O)C(C(C)=O)C(=C[N+](=O)[O-])c1ccc(Cl)cc1. The molecule has 0 bridgehead atoms. The van der Waals surface area contributed by atoms with Gasteiger partial charge in [0.25, 0.3) is 0 Å². The van der Waals surface area contributed by atoms with E-state index in [9.17, 15) is 19.7 Å². The van der Waals surface area contributed by atoms with Crippen LogP contribution in [0, 0.1) is 16.0 Å². The Morgan fingerprint density at radius 1 is 1.21 bits per heavy atom. The number of hydrogen-bond donors (Lipinski definition) is 0. The topological polar surface area (TPSA) is 77.3 Å². The number of hydrogen-bond acceptors (Lipinski definition) is 4. The third-order valence-corrected chi connectivity index (χ3v) is 2.80. The summed E-state index contributed by atoms with van der Waals surface area (Å²) in [6, 6.07) is 6.16. The molecule has 0 atom stereocenters. The predicted molar refractivity (Wildman–Crippen MR) is 71.3 cm³/mol. The normalized spacial score (nSPS) is 11.5. The summed E-state index contributed by atoms with van der Waals surface area (Å²) < 4.78 is 0. The van der Waals surface area contributed by atoms with Crippen LogP contribution < -0.4 is 0 Å². The zero-order valence-corrected chi connectivity index (χ0v) is 11.2. The lowest BCUT2D eigenvalue weighted by Crippen LogP contribution is -2.21. The molecule has 5 nitrogen and oxygen atoms in total. The van der Waals surface area contributed by atoms with Gasteiger partial charge in [-0.2, -0.15) is 0 Å². The average molecular weight is 282 g/mol. The summed E-state index contributed by atoms with van der Waals surface area (Å²) >= 11 is 5.74. The van der Waals surface area contributed by atoms with Gasteiger partial charge in [0, 0.05) is 10.6 Å². The fourth-order valence-electron chi connectivity index (χ4n) is 1.80. The van der Waals surface area contributed by atoms with Crippen molar-refractivity contribution in [3.63, 3.8) is 0 Å². The number of carbonyl (C=O) groups is 2. The van der Waals surface area contributed by atoms with Crippen molar-refractivity contribution in [3.8, 4) is 0 Å². The Morgan fingerprint density at radius 2 is 1.68 bits per heavy atom. The molecule has 0 N–H and O–H groups in total. The Bertz CT molecular complexity index is 534. The Hall–Kier alpha value is -2.01. The third-order valence-electron chi connectivity index (χ3n) is 2.55. The van der Waals surface area contributed by atoms with Crippen LogP contribution in [0.3, 0.4) is 0 Å². The number of Topliss-reactive ketones (excluding diaryl/α,β-unsaturated/α-hetero) is 2. The summed E-state index contributed by atoms with van der Waals surface area (Å²) in [5, 5.41) is 11.1. The maximum absolute atomic E-state index is 11.5. The molecule has 19 heavy (non-hydrogen) atoms. The van der Waals surface area contributed by atoms with Gasteiger partial charge >= 0.3 is 0 Å². The highest BCUT2D eigenvalue weighted by Gasteiger charge is 2.27. The first kappa shape index (κ1) is 15.0. The van der Waals surface area contributed by atoms with Crippen LogP contribution in [0.5, 0.6) is 0 Å². The maximum atomic E-state index is 11.5. The minimum absolute atomic E-state index is 0.0710. The van der Waals surface area contributed by atoms with E-state index in [1.54, 1.807) is 12.1 Å². The monoisotopic (exact) mass is 281 g/mol. The van der Waals surface area contributed by atoms with Crippen LogP contribution in [0.1, 0.15) is 19.4 Å². The smallest absolute Gasteiger partial charge is 0.239 e. The highest BCUT2D eigenvalue weighted by atomic mass is 35.5. The van der Waals surface area contributed by atoms with Crippen molar-refractivity contribution >= 4 is 28.7 Å². The summed E-state index contributed by atoms with van der Waals surface area (Å²) in [5.74, 6) is -2.00. The van der Waals surface area contributed by atoms with Crippen molar-refractivity contribution in [3.05, 3.63) is 51.2 Å². The number of halogens is 1. The van der Waals surface area contributed by atoms with Gasteiger partial charge in [-0.1, -0.05) is 23.7 Å². The third kappa shape index (κ3) is 3.99. The van der Waals surface area contributed by atoms with Crippen LogP contribution in [0.15, 0.2) is 30.5 Å². The Morgan fingerprint density at radius 3 is 2.05 bits per heavy atom. The molecule has 0 heterocycles. The van der Waals surface area contributed by atoms with Crippen LogP contribution in [0.4, 0.5) is 0 Å². The van der Waals surface area contributed by atoms with E-state index in [2.05, 4.69) is 0 Å². The minimum atomic E-state index is -1.13. The molecule has 0 spiro atoms. The van der Waals surface area contributed by atoms with Crippen LogP contribution in [-0.2, 0) is 9.59 Å². The van der Waals surface area contributed by atoms with E-state index in [0.29, 0.717) is 16.8 Å². The molecular weight excluding hydrogens is 270 g/mol. The molecular formula is C13H12ClNO4. The number of allylic oxidation sites excluding steroid dienone is 1. The standard InChI is InChI=1S/C13H12ClNO4/c1-8(16)13(9(2)17)12(7-15(18)19)10-3-5-11(14)6-4-10/h3-7,13H,1-2H3. The first-order valence-corrected chi connectivity index (χ1v) is 5.82. The molecule has 0 aliphatic rings. The zero-order chi connectivity index (χ0) is 14.6. The molecule has 0 saturated carbocycles. The molecule has 6 heteroatoms. The van der Waals surface area contributed by atoms with E-state index in [1.807, 2.05) is 0 Å². The number of ketones is 2. The van der Waals surface area contributed by atoms with Gasteiger partial charge in [-0.15, -0.1) is 0 Å². The van der Waals surface area contributed by atoms with Crippen LogP contribution in [0.2, 0.25) is 5.02 Å². The van der Waals surface area contributed by atoms with Crippen molar-refractivity contribution in [2.45, 2.75) is 13.8 Å². The number of benzene rings is 1. The van der Waals surface area contributed by atoms with Crippen molar-refractivity contribution in [1.82, 2.24) is 0 Å². The van der Waals surface area contributed by atoms with Gasteiger partial charge < -0.3 is 0 Å². The summed E-state index contributed by atoms with van der Waals surface area (Å²) in [5.41, 5.74) is 0.498. The Kier molecular flexibility index (Phi) is 4.94. The van der Waals surface area contributed by atoms with E-state index in [1.165, 1.54) is 26.0 Å².